The lowest BCUT2D eigenvalue weighted by Gasteiger charge is -2.39. The highest BCUT2D eigenvalue weighted by Gasteiger charge is 2.38. The molecule has 2 fully saturated rings. The van der Waals surface area contributed by atoms with Crippen molar-refractivity contribution < 1.29 is 17.6 Å². The molecule has 0 N–H and O–H groups in total. The second-order valence-corrected chi connectivity index (χ2v) is 9.03. The third-order valence-electron chi connectivity index (χ3n) is 5.13. The van der Waals surface area contributed by atoms with E-state index in [2.05, 4.69) is 4.90 Å². The molecule has 2 heterocycles. The average molecular weight is 383 g/mol. The lowest BCUT2D eigenvalue weighted by atomic mass is 10.1. The normalized spacial score (nSPS) is 22.9. The monoisotopic (exact) mass is 383 g/mol. The van der Waals surface area contributed by atoms with Crippen LogP contribution in [0.2, 0.25) is 0 Å². The second-order valence-electron chi connectivity index (χ2n) is 6.94. The molecule has 0 aromatic heterocycles. The van der Waals surface area contributed by atoms with Gasteiger partial charge in [-0.15, -0.1) is 0 Å². The van der Waals surface area contributed by atoms with E-state index in [1.165, 1.54) is 16.4 Å². The van der Waals surface area contributed by atoms with Crippen LogP contribution in [0, 0.1) is 5.82 Å². The summed E-state index contributed by atoms with van der Waals surface area (Å²) in [6.07, 6.45) is 1.11. The molecule has 0 saturated carbocycles. The molecular formula is C18H26FN3O3S. The smallest absolute Gasteiger partial charge is 0.240 e. The minimum atomic E-state index is -3.24. The van der Waals surface area contributed by atoms with Crippen molar-refractivity contribution in [2.75, 3.05) is 38.5 Å². The van der Waals surface area contributed by atoms with Gasteiger partial charge in [0, 0.05) is 39.3 Å². The Morgan fingerprint density at radius 2 is 1.77 bits per heavy atom. The second kappa shape index (κ2) is 8.02. The first-order chi connectivity index (χ1) is 12.4. The molecule has 1 aromatic rings. The van der Waals surface area contributed by atoms with Crippen LogP contribution in [0.15, 0.2) is 24.3 Å². The Morgan fingerprint density at radius 1 is 1.08 bits per heavy atom. The summed E-state index contributed by atoms with van der Waals surface area (Å²) >= 11 is 0. The lowest BCUT2D eigenvalue weighted by Crippen LogP contribution is -2.56. The van der Waals surface area contributed by atoms with Crippen molar-refractivity contribution in [3.8, 4) is 0 Å². The molecule has 0 aliphatic carbocycles. The maximum atomic E-state index is 13.1. The molecule has 0 radical (unpaired) electrons. The number of hydrogen-bond acceptors (Lipinski definition) is 4. The molecule has 0 spiro atoms. The highest BCUT2D eigenvalue weighted by atomic mass is 32.2. The molecule has 1 aromatic carbocycles. The molecule has 8 heteroatoms. The first-order valence-electron chi connectivity index (χ1n) is 9.16. The van der Waals surface area contributed by atoms with Crippen molar-refractivity contribution in [2.24, 2.45) is 0 Å². The van der Waals surface area contributed by atoms with Crippen LogP contribution in [0.4, 0.5) is 4.39 Å². The Balaban J connectivity index is 1.66. The third kappa shape index (κ3) is 4.24. The summed E-state index contributed by atoms with van der Waals surface area (Å²) in [4.78, 5) is 16.8. The van der Waals surface area contributed by atoms with Crippen molar-refractivity contribution in [2.45, 2.75) is 32.4 Å². The van der Waals surface area contributed by atoms with Gasteiger partial charge in [0.15, 0.2) is 0 Å². The molecule has 2 saturated heterocycles. The number of fused-ring (bicyclic) bond motifs is 1. The predicted octanol–water partition coefficient (Wildman–Crippen LogP) is 1.28. The number of piperazine rings is 1. The van der Waals surface area contributed by atoms with Crippen molar-refractivity contribution in [3.63, 3.8) is 0 Å². The van der Waals surface area contributed by atoms with E-state index >= 15 is 0 Å². The van der Waals surface area contributed by atoms with E-state index in [1.807, 2.05) is 6.92 Å². The quantitative estimate of drug-likeness (QED) is 0.769. The minimum absolute atomic E-state index is 0.0373. The predicted molar refractivity (Wildman–Crippen MR) is 97.4 cm³/mol. The van der Waals surface area contributed by atoms with Crippen molar-refractivity contribution in [1.29, 1.82) is 0 Å². The van der Waals surface area contributed by atoms with Gasteiger partial charge in [0.1, 0.15) is 5.82 Å². The summed E-state index contributed by atoms with van der Waals surface area (Å²) < 4.78 is 39.3. The number of carbonyl (C=O) groups excluding carboxylic acids is 1. The number of sulfonamides is 1. The van der Waals surface area contributed by atoms with Gasteiger partial charge in [0.25, 0.3) is 0 Å². The average Bonchev–Trinajstić information content (AvgIpc) is 2.83. The van der Waals surface area contributed by atoms with E-state index in [9.17, 15) is 17.6 Å². The molecule has 144 valence electrons. The fourth-order valence-corrected chi connectivity index (χ4v) is 5.22. The summed E-state index contributed by atoms with van der Waals surface area (Å²) in [6, 6.07) is 5.92. The summed E-state index contributed by atoms with van der Waals surface area (Å²) in [7, 11) is -3.24. The number of rotatable bonds is 5. The van der Waals surface area contributed by atoms with Crippen molar-refractivity contribution in [1.82, 2.24) is 14.1 Å². The Labute approximate surface area is 154 Å². The highest BCUT2D eigenvalue weighted by molar-refractivity contribution is 7.89. The number of carbonyl (C=O) groups is 1. The van der Waals surface area contributed by atoms with Gasteiger partial charge in [0.2, 0.25) is 15.9 Å². The van der Waals surface area contributed by atoms with Crippen LogP contribution < -0.4 is 0 Å². The minimum Gasteiger partial charge on any atom is -0.336 e. The SMILES string of the molecule is CCCS(=O)(=O)N1CC[C@H]2C(=O)N(Cc3ccc(F)cc3)CCN2CC1. The molecule has 6 nitrogen and oxygen atoms in total. The number of hydrogen-bond donors (Lipinski definition) is 0. The van der Waals surface area contributed by atoms with Crippen molar-refractivity contribution in [3.05, 3.63) is 35.6 Å². The van der Waals surface area contributed by atoms with Gasteiger partial charge in [-0.1, -0.05) is 19.1 Å². The fourth-order valence-electron chi connectivity index (χ4n) is 3.71. The number of amides is 1. The molecule has 1 amide bonds. The van der Waals surface area contributed by atoms with E-state index in [0.717, 1.165) is 12.1 Å². The van der Waals surface area contributed by atoms with Crippen LogP contribution in [-0.4, -0.2) is 72.9 Å². The van der Waals surface area contributed by atoms with E-state index in [0.29, 0.717) is 45.6 Å². The third-order valence-corrected chi connectivity index (χ3v) is 7.20. The summed E-state index contributed by atoms with van der Waals surface area (Å²) in [6.45, 7) is 5.08. The molecule has 1 atom stereocenters. The summed E-state index contributed by atoms with van der Waals surface area (Å²) in [5, 5.41) is 0. The first-order valence-corrected chi connectivity index (χ1v) is 10.8. The molecule has 2 aliphatic rings. The number of benzene rings is 1. The van der Waals surface area contributed by atoms with Crippen molar-refractivity contribution >= 4 is 15.9 Å². The van der Waals surface area contributed by atoms with Gasteiger partial charge in [0.05, 0.1) is 11.8 Å². The number of nitrogens with zero attached hydrogens (tertiary/aromatic N) is 3. The molecule has 3 rings (SSSR count). The molecule has 2 aliphatic heterocycles. The zero-order valence-electron chi connectivity index (χ0n) is 15.1. The Bertz CT molecular complexity index is 739. The molecule has 0 bridgehead atoms. The topological polar surface area (TPSA) is 60.9 Å². The van der Waals surface area contributed by atoms with Crippen LogP contribution in [0.1, 0.15) is 25.3 Å². The Hall–Kier alpha value is -1.51. The van der Waals surface area contributed by atoms with Crippen LogP contribution >= 0.6 is 0 Å². The zero-order chi connectivity index (χ0) is 18.7. The Morgan fingerprint density at radius 3 is 2.46 bits per heavy atom. The molecule has 0 unspecified atom stereocenters. The van der Waals surface area contributed by atoms with Gasteiger partial charge >= 0.3 is 0 Å². The zero-order valence-corrected chi connectivity index (χ0v) is 15.9. The maximum absolute atomic E-state index is 13.1. The van der Waals surface area contributed by atoms with Crippen LogP contribution in [0.25, 0.3) is 0 Å². The van der Waals surface area contributed by atoms with Crippen LogP contribution in [0.5, 0.6) is 0 Å². The fraction of sp³-hybridized carbons (Fsp3) is 0.611. The van der Waals surface area contributed by atoms with Gasteiger partial charge in [-0.05, 0) is 30.5 Å². The van der Waals surface area contributed by atoms with E-state index in [1.54, 1.807) is 17.0 Å². The van der Waals surface area contributed by atoms with E-state index in [-0.39, 0.29) is 23.5 Å². The highest BCUT2D eigenvalue weighted by Crippen LogP contribution is 2.21. The molecule has 26 heavy (non-hydrogen) atoms. The Kier molecular flexibility index (Phi) is 5.94. The summed E-state index contributed by atoms with van der Waals surface area (Å²) in [5.41, 5.74) is 0.897. The largest absolute Gasteiger partial charge is 0.336 e. The van der Waals surface area contributed by atoms with Gasteiger partial charge in [-0.2, -0.15) is 0 Å². The molecular weight excluding hydrogens is 357 g/mol. The van der Waals surface area contributed by atoms with E-state index < -0.39 is 10.0 Å². The lowest BCUT2D eigenvalue weighted by molar-refractivity contribution is -0.142. The summed E-state index contributed by atoms with van der Waals surface area (Å²) in [5.74, 6) is -0.0974. The van der Waals surface area contributed by atoms with Gasteiger partial charge < -0.3 is 4.90 Å². The van der Waals surface area contributed by atoms with Gasteiger partial charge in [-0.25, -0.2) is 17.1 Å². The standard InChI is InChI=1S/C18H26FN3O3S/c1-2-13-26(24,25)22-8-7-17-18(23)21(10-9-20(17)11-12-22)14-15-3-5-16(19)6-4-15/h3-6,17H,2,7-14H2,1H3/t17-/m0/s1. The van der Waals surface area contributed by atoms with Crippen LogP contribution in [0.3, 0.4) is 0 Å². The first kappa shape index (κ1) is 19.3. The number of halogens is 1. The van der Waals surface area contributed by atoms with Crippen LogP contribution in [-0.2, 0) is 21.4 Å². The van der Waals surface area contributed by atoms with Gasteiger partial charge in [-0.3, -0.25) is 9.69 Å². The van der Waals surface area contributed by atoms with E-state index in [4.69, 9.17) is 0 Å². The maximum Gasteiger partial charge on any atom is 0.240 e.